The lowest BCUT2D eigenvalue weighted by Gasteiger charge is -2.31. The number of methoxy groups -OCH3 is 1. The fourth-order valence-corrected chi connectivity index (χ4v) is 2.06. The molecule has 0 saturated carbocycles. The number of nitrogens with two attached hydrogens (primary N) is 1. The van der Waals surface area contributed by atoms with E-state index in [0.29, 0.717) is 32.6 Å². The number of ether oxygens (including phenoxy) is 2. The van der Waals surface area contributed by atoms with Gasteiger partial charge in [-0.2, -0.15) is 0 Å². The van der Waals surface area contributed by atoms with E-state index in [9.17, 15) is 4.79 Å². The Morgan fingerprint density at radius 2 is 1.95 bits per heavy atom. The summed E-state index contributed by atoms with van der Waals surface area (Å²) in [5, 5.41) is 2.89. The number of benzene rings is 1. The van der Waals surface area contributed by atoms with Crippen LogP contribution in [0.2, 0.25) is 0 Å². The van der Waals surface area contributed by atoms with Crippen molar-refractivity contribution in [2.24, 2.45) is 5.73 Å². The molecule has 1 saturated heterocycles. The summed E-state index contributed by atoms with van der Waals surface area (Å²) < 4.78 is 10.3. The second-order valence-electron chi connectivity index (χ2n) is 4.80. The summed E-state index contributed by atoms with van der Waals surface area (Å²) in [6, 6.07) is 7.58. The minimum atomic E-state index is -0.787. The van der Waals surface area contributed by atoms with E-state index in [2.05, 4.69) is 5.32 Å². The van der Waals surface area contributed by atoms with Crippen molar-refractivity contribution in [3.8, 4) is 5.75 Å². The highest BCUT2D eigenvalue weighted by atomic mass is 35.5. The molecule has 20 heavy (non-hydrogen) atoms. The van der Waals surface area contributed by atoms with E-state index in [4.69, 9.17) is 15.2 Å². The van der Waals surface area contributed by atoms with Crippen molar-refractivity contribution in [2.45, 2.75) is 24.9 Å². The Morgan fingerprint density at radius 1 is 1.35 bits per heavy atom. The van der Waals surface area contributed by atoms with Gasteiger partial charge in [-0.1, -0.05) is 12.1 Å². The van der Waals surface area contributed by atoms with Crippen LogP contribution in [-0.2, 0) is 16.1 Å². The summed E-state index contributed by atoms with van der Waals surface area (Å²) >= 11 is 0. The van der Waals surface area contributed by atoms with Crippen molar-refractivity contribution < 1.29 is 14.3 Å². The maximum absolute atomic E-state index is 12.1. The third-order valence-corrected chi connectivity index (χ3v) is 3.45. The van der Waals surface area contributed by atoms with Gasteiger partial charge in [-0.3, -0.25) is 4.79 Å². The van der Waals surface area contributed by atoms with Gasteiger partial charge in [0.05, 0.1) is 12.6 Å². The van der Waals surface area contributed by atoms with E-state index >= 15 is 0 Å². The molecule has 6 heteroatoms. The zero-order chi connectivity index (χ0) is 13.7. The minimum Gasteiger partial charge on any atom is -0.497 e. The van der Waals surface area contributed by atoms with Crippen LogP contribution in [0.1, 0.15) is 18.4 Å². The van der Waals surface area contributed by atoms with Crippen molar-refractivity contribution in [3.05, 3.63) is 29.8 Å². The number of nitrogens with one attached hydrogen (secondary N) is 1. The molecule has 1 aromatic carbocycles. The van der Waals surface area contributed by atoms with Crippen molar-refractivity contribution >= 4 is 18.3 Å². The summed E-state index contributed by atoms with van der Waals surface area (Å²) in [5.41, 5.74) is 6.33. The maximum atomic E-state index is 12.1. The van der Waals surface area contributed by atoms with E-state index in [1.165, 1.54) is 0 Å². The van der Waals surface area contributed by atoms with E-state index in [-0.39, 0.29) is 18.3 Å². The maximum Gasteiger partial charge on any atom is 0.240 e. The first-order valence-electron chi connectivity index (χ1n) is 6.42. The number of hydrogen-bond acceptors (Lipinski definition) is 4. The third kappa shape index (κ3) is 4.10. The molecule has 1 fully saturated rings. The molecule has 1 aromatic rings. The van der Waals surface area contributed by atoms with Crippen LogP contribution in [0.4, 0.5) is 0 Å². The van der Waals surface area contributed by atoms with Gasteiger partial charge in [0, 0.05) is 19.8 Å². The normalized spacial score (nSPS) is 16.9. The first-order valence-corrected chi connectivity index (χ1v) is 6.42. The first kappa shape index (κ1) is 16.8. The lowest BCUT2D eigenvalue weighted by molar-refractivity contribution is -0.129. The van der Waals surface area contributed by atoms with Gasteiger partial charge in [0.2, 0.25) is 5.91 Å². The molecular weight excluding hydrogens is 280 g/mol. The van der Waals surface area contributed by atoms with Crippen molar-refractivity contribution in [1.29, 1.82) is 0 Å². The van der Waals surface area contributed by atoms with Gasteiger partial charge < -0.3 is 20.5 Å². The van der Waals surface area contributed by atoms with Crippen LogP contribution in [0.15, 0.2) is 24.3 Å². The molecule has 1 aliphatic heterocycles. The van der Waals surface area contributed by atoms with Crippen molar-refractivity contribution in [1.82, 2.24) is 5.32 Å². The topological polar surface area (TPSA) is 73.6 Å². The highest BCUT2D eigenvalue weighted by Gasteiger charge is 2.35. The monoisotopic (exact) mass is 300 g/mol. The fourth-order valence-electron chi connectivity index (χ4n) is 2.06. The second-order valence-corrected chi connectivity index (χ2v) is 4.80. The van der Waals surface area contributed by atoms with Crippen LogP contribution in [0.3, 0.4) is 0 Å². The number of carbonyl (C=O) groups excluding carboxylic acids is 1. The predicted octanol–water partition coefficient (Wildman–Crippen LogP) is 1.24. The molecule has 0 atom stereocenters. The standard InChI is InChI=1S/C14H20N2O3.ClH/c1-18-12-4-2-11(3-5-12)10-16-13(17)14(15)6-8-19-9-7-14;/h2-5H,6-10,15H2,1H3,(H,16,17);1H. The van der Waals surface area contributed by atoms with Crippen LogP contribution < -0.4 is 15.8 Å². The smallest absolute Gasteiger partial charge is 0.240 e. The fraction of sp³-hybridized carbons (Fsp3) is 0.500. The summed E-state index contributed by atoms with van der Waals surface area (Å²) in [5.74, 6) is 0.696. The van der Waals surface area contributed by atoms with Gasteiger partial charge in [0.1, 0.15) is 5.75 Å². The van der Waals surface area contributed by atoms with Crippen LogP contribution >= 0.6 is 12.4 Å². The molecule has 5 nitrogen and oxygen atoms in total. The van der Waals surface area contributed by atoms with Gasteiger partial charge in [0.15, 0.2) is 0 Å². The molecule has 0 bridgehead atoms. The van der Waals surface area contributed by atoms with Crippen LogP contribution in [0.5, 0.6) is 5.75 Å². The average Bonchev–Trinajstić information content (AvgIpc) is 2.46. The van der Waals surface area contributed by atoms with Gasteiger partial charge in [-0.25, -0.2) is 0 Å². The highest BCUT2D eigenvalue weighted by Crippen LogP contribution is 2.18. The van der Waals surface area contributed by atoms with E-state index in [0.717, 1.165) is 11.3 Å². The molecule has 0 unspecified atom stereocenters. The molecule has 112 valence electrons. The molecule has 0 aliphatic carbocycles. The largest absolute Gasteiger partial charge is 0.497 e. The lowest BCUT2D eigenvalue weighted by atomic mass is 9.90. The Bertz CT molecular complexity index is 431. The van der Waals surface area contributed by atoms with Crippen LogP contribution in [0, 0.1) is 0 Å². The Hall–Kier alpha value is -1.30. The molecule has 0 aromatic heterocycles. The predicted molar refractivity (Wildman–Crippen MR) is 79.1 cm³/mol. The summed E-state index contributed by atoms with van der Waals surface area (Å²) in [7, 11) is 1.63. The van der Waals surface area contributed by atoms with Gasteiger partial charge in [-0.05, 0) is 30.5 Å². The molecule has 1 aliphatic rings. The average molecular weight is 301 g/mol. The Morgan fingerprint density at radius 3 is 2.50 bits per heavy atom. The Kier molecular flexibility index (Phi) is 6.26. The lowest BCUT2D eigenvalue weighted by Crippen LogP contribution is -2.56. The SMILES string of the molecule is COc1ccc(CNC(=O)C2(N)CCOCC2)cc1.Cl. The number of carbonyl (C=O) groups is 1. The number of amides is 1. The van der Waals surface area contributed by atoms with Crippen molar-refractivity contribution in [2.75, 3.05) is 20.3 Å². The summed E-state index contributed by atoms with van der Waals surface area (Å²) in [4.78, 5) is 12.1. The van der Waals surface area contributed by atoms with Crippen LogP contribution in [0.25, 0.3) is 0 Å². The van der Waals surface area contributed by atoms with Gasteiger partial charge in [0.25, 0.3) is 0 Å². The zero-order valence-corrected chi connectivity index (χ0v) is 12.4. The second kappa shape index (κ2) is 7.47. The van der Waals surface area contributed by atoms with Crippen LogP contribution in [-0.4, -0.2) is 31.8 Å². The quantitative estimate of drug-likeness (QED) is 0.877. The van der Waals surface area contributed by atoms with E-state index in [1.807, 2.05) is 24.3 Å². The summed E-state index contributed by atoms with van der Waals surface area (Å²) in [6.07, 6.45) is 1.14. The summed E-state index contributed by atoms with van der Waals surface area (Å²) in [6.45, 7) is 1.57. The molecule has 1 amide bonds. The highest BCUT2D eigenvalue weighted by molar-refractivity contribution is 5.86. The molecule has 3 N–H and O–H groups in total. The first-order chi connectivity index (χ1) is 9.14. The Labute approximate surface area is 125 Å². The van der Waals surface area contributed by atoms with E-state index in [1.54, 1.807) is 7.11 Å². The number of halogens is 1. The Balaban J connectivity index is 0.00000200. The molecule has 1 heterocycles. The molecular formula is C14H21ClN2O3. The molecule has 0 radical (unpaired) electrons. The van der Waals surface area contributed by atoms with Gasteiger partial charge >= 0.3 is 0 Å². The zero-order valence-electron chi connectivity index (χ0n) is 11.6. The molecule has 2 rings (SSSR count). The number of hydrogen-bond donors (Lipinski definition) is 2. The third-order valence-electron chi connectivity index (χ3n) is 3.45. The van der Waals surface area contributed by atoms with Crippen molar-refractivity contribution in [3.63, 3.8) is 0 Å². The molecule has 0 spiro atoms. The minimum absolute atomic E-state index is 0. The van der Waals surface area contributed by atoms with E-state index < -0.39 is 5.54 Å². The number of rotatable bonds is 4. The van der Waals surface area contributed by atoms with Gasteiger partial charge in [-0.15, -0.1) is 12.4 Å².